The van der Waals surface area contributed by atoms with Crippen LogP contribution in [-0.4, -0.2) is 16.9 Å². The van der Waals surface area contributed by atoms with E-state index in [0.717, 1.165) is 12.3 Å². The Kier molecular flexibility index (Phi) is 4.08. The fraction of sp³-hybridized carbons (Fsp3) is 0.562. The van der Waals surface area contributed by atoms with Crippen LogP contribution in [0.1, 0.15) is 43.0 Å². The SMILES string of the molecule is CC(NC(=O)c1cc(Cl)ccc1[N+](=O)[O-])C1CC2CCC1C2. The lowest BCUT2D eigenvalue weighted by Crippen LogP contribution is -2.40. The van der Waals surface area contributed by atoms with Gasteiger partial charge in [-0.05, 0) is 56.1 Å². The average molecular weight is 323 g/mol. The summed E-state index contributed by atoms with van der Waals surface area (Å²) < 4.78 is 0. The molecule has 1 aromatic carbocycles. The van der Waals surface area contributed by atoms with Gasteiger partial charge >= 0.3 is 0 Å². The van der Waals surface area contributed by atoms with Crippen molar-refractivity contribution in [2.45, 2.75) is 38.6 Å². The summed E-state index contributed by atoms with van der Waals surface area (Å²) in [5, 5.41) is 14.3. The standard InChI is InChI=1S/C16H19ClN2O3/c1-9(13-7-10-2-3-11(13)6-10)18-16(20)14-8-12(17)4-5-15(14)19(21)22/h4-5,8-11,13H,2-3,6-7H2,1H3,(H,18,20). The maximum atomic E-state index is 12.4. The van der Waals surface area contributed by atoms with Crippen LogP contribution in [0.3, 0.4) is 0 Å². The molecule has 2 bridgehead atoms. The predicted octanol–water partition coefficient (Wildman–Crippen LogP) is 3.80. The maximum Gasteiger partial charge on any atom is 0.282 e. The van der Waals surface area contributed by atoms with Gasteiger partial charge in [-0.2, -0.15) is 0 Å². The number of hydrogen-bond donors (Lipinski definition) is 1. The summed E-state index contributed by atoms with van der Waals surface area (Å²) in [5.74, 6) is 1.56. The Labute approximate surface area is 134 Å². The number of halogens is 1. The van der Waals surface area contributed by atoms with Crippen molar-refractivity contribution in [2.24, 2.45) is 17.8 Å². The van der Waals surface area contributed by atoms with Crippen molar-refractivity contribution in [3.63, 3.8) is 0 Å². The second-order valence-corrected chi connectivity index (χ2v) is 6.96. The number of amides is 1. The minimum absolute atomic E-state index is 0.0291. The molecule has 2 aliphatic carbocycles. The number of nitrogens with zero attached hydrogens (tertiary/aromatic N) is 1. The largest absolute Gasteiger partial charge is 0.349 e. The van der Waals surface area contributed by atoms with Crippen LogP contribution < -0.4 is 5.32 Å². The van der Waals surface area contributed by atoms with Crippen LogP contribution in [0.25, 0.3) is 0 Å². The van der Waals surface area contributed by atoms with E-state index in [2.05, 4.69) is 5.32 Å². The molecular weight excluding hydrogens is 304 g/mol. The summed E-state index contributed by atoms with van der Waals surface area (Å²) in [7, 11) is 0. The Morgan fingerprint density at radius 1 is 1.41 bits per heavy atom. The summed E-state index contributed by atoms with van der Waals surface area (Å²) in [4.78, 5) is 22.9. The molecule has 0 heterocycles. The van der Waals surface area contributed by atoms with Gasteiger partial charge in [0.1, 0.15) is 5.56 Å². The van der Waals surface area contributed by atoms with Gasteiger partial charge in [0.15, 0.2) is 0 Å². The van der Waals surface area contributed by atoms with Crippen molar-refractivity contribution >= 4 is 23.2 Å². The lowest BCUT2D eigenvalue weighted by atomic mass is 9.84. The van der Waals surface area contributed by atoms with Gasteiger partial charge in [0.2, 0.25) is 0 Å². The molecular formula is C16H19ClN2O3. The zero-order chi connectivity index (χ0) is 15.9. The van der Waals surface area contributed by atoms with Gasteiger partial charge in [-0.1, -0.05) is 18.0 Å². The van der Waals surface area contributed by atoms with E-state index in [1.165, 1.54) is 37.5 Å². The van der Waals surface area contributed by atoms with E-state index in [1.54, 1.807) is 0 Å². The van der Waals surface area contributed by atoms with Crippen molar-refractivity contribution in [2.75, 3.05) is 0 Å². The van der Waals surface area contributed by atoms with Crippen molar-refractivity contribution in [1.82, 2.24) is 5.32 Å². The Balaban J connectivity index is 1.74. The van der Waals surface area contributed by atoms with Crippen LogP contribution in [0.15, 0.2) is 18.2 Å². The quantitative estimate of drug-likeness (QED) is 0.677. The minimum atomic E-state index is -0.548. The topological polar surface area (TPSA) is 72.2 Å². The number of nitrogens with one attached hydrogen (secondary N) is 1. The monoisotopic (exact) mass is 322 g/mol. The number of nitro benzene ring substituents is 1. The van der Waals surface area contributed by atoms with E-state index in [-0.39, 0.29) is 17.3 Å². The van der Waals surface area contributed by atoms with Crippen molar-refractivity contribution in [3.8, 4) is 0 Å². The first-order valence-electron chi connectivity index (χ1n) is 7.70. The molecule has 4 atom stereocenters. The van der Waals surface area contributed by atoms with Gasteiger partial charge in [-0.15, -0.1) is 0 Å². The average Bonchev–Trinajstić information content (AvgIpc) is 3.09. The van der Waals surface area contributed by atoms with Crippen LogP contribution in [0.4, 0.5) is 5.69 Å². The smallest absolute Gasteiger partial charge is 0.282 e. The third-order valence-electron chi connectivity index (χ3n) is 5.19. The van der Waals surface area contributed by atoms with E-state index < -0.39 is 10.8 Å². The summed E-state index contributed by atoms with van der Waals surface area (Å²) in [6.45, 7) is 2.00. The number of hydrogen-bond acceptors (Lipinski definition) is 3. The normalized spacial score (nSPS) is 27.6. The summed E-state index contributed by atoms with van der Waals surface area (Å²) in [6.07, 6.45) is 4.97. The van der Waals surface area contributed by atoms with Gasteiger partial charge in [-0.3, -0.25) is 14.9 Å². The molecule has 0 spiro atoms. The number of benzene rings is 1. The van der Waals surface area contributed by atoms with Gasteiger partial charge in [-0.25, -0.2) is 0 Å². The third kappa shape index (κ3) is 2.82. The first-order valence-corrected chi connectivity index (χ1v) is 8.08. The molecule has 0 radical (unpaired) electrons. The fourth-order valence-corrected chi connectivity index (χ4v) is 4.32. The zero-order valence-electron chi connectivity index (χ0n) is 12.4. The van der Waals surface area contributed by atoms with Gasteiger partial charge in [0.05, 0.1) is 4.92 Å². The number of carbonyl (C=O) groups excluding carboxylic acids is 1. The summed E-state index contributed by atoms with van der Waals surface area (Å²) in [5.41, 5.74) is -0.172. The molecule has 6 heteroatoms. The van der Waals surface area contributed by atoms with Crippen LogP contribution in [0.5, 0.6) is 0 Å². The molecule has 0 saturated heterocycles. The summed E-state index contributed by atoms with van der Waals surface area (Å²) >= 11 is 5.88. The molecule has 4 unspecified atom stereocenters. The summed E-state index contributed by atoms with van der Waals surface area (Å²) in [6, 6.07) is 4.10. The highest BCUT2D eigenvalue weighted by Crippen LogP contribution is 2.49. The van der Waals surface area contributed by atoms with E-state index in [9.17, 15) is 14.9 Å². The second-order valence-electron chi connectivity index (χ2n) is 6.52. The lowest BCUT2D eigenvalue weighted by Gasteiger charge is -2.28. The highest BCUT2D eigenvalue weighted by molar-refractivity contribution is 6.31. The molecule has 22 heavy (non-hydrogen) atoms. The Morgan fingerprint density at radius 3 is 2.77 bits per heavy atom. The van der Waals surface area contributed by atoms with E-state index in [4.69, 9.17) is 11.6 Å². The molecule has 1 aromatic rings. The fourth-order valence-electron chi connectivity index (χ4n) is 4.15. The van der Waals surface area contributed by atoms with Crippen LogP contribution in [-0.2, 0) is 0 Å². The molecule has 2 fully saturated rings. The Morgan fingerprint density at radius 2 is 2.18 bits per heavy atom. The van der Waals surface area contributed by atoms with Crippen molar-refractivity contribution in [3.05, 3.63) is 38.9 Å². The first-order chi connectivity index (χ1) is 10.5. The Bertz CT molecular complexity index is 619. The number of carbonyl (C=O) groups is 1. The van der Waals surface area contributed by atoms with E-state index in [1.807, 2.05) is 6.92 Å². The molecule has 0 aliphatic heterocycles. The molecule has 5 nitrogen and oxygen atoms in total. The molecule has 0 aromatic heterocycles. The minimum Gasteiger partial charge on any atom is -0.349 e. The van der Waals surface area contributed by atoms with E-state index >= 15 is 0 Å². The van der Waals surface area contributed by atoms with Gasteiger partial charge in [0.25, 0.3) is 11.6 Å². The Hall–Kier alpha value is -1.62. The van der Waals surface area contributed by atoms with Gasteiger partial charge in [0, 0.05) is 17.1 Å². The maximum absolute atomic E-state index is 12.4. The molecule has 1 amide bonds. The number of nitro groups is 1. The highest BCUT2D eigenvalue weighted by atomic mass is 35.5. The number of rotatable bonds is 4. The second kappa shape index (κ2) is 5.88. The molecule has 118 valence electrons. The molecule has 2 aliphatic rings. The molecule has 3 rings (SSSR count). The van der Waals surface area contributed by atoms with Crippen LogP contribution >= 0.6 is 11.6 Å². The predicted molar refractivity (Wildman–Crippen MR) is 84.0 cm³/mol. The van der Waals surface area contributed by atoms with Crippen LogP contribution in [0, 0.1) is 27.9 Å². The first kappa shape index (κ1) is 15.3. The van der Waals surface area contributed by atoms with Crippen LogP contribution in [0.2, 0.25) is 5.02 Å². The number of fused-ring (bicyclic) bond motifs is 2. The van der Waals surface area contributed by atoms with Crippen molar-refractivity contribution < 1.29 is 9.72 Å². The molecule has 1 N–H and O–H groups in total. The third-order valence-corrected chi connectivity index (χ3v) is 5.43. The highest BCUT2D eigenvalue weighted by Gasteiger charge is 2.42. The van der Waals surface area contributed by atoms with Gasteiger partial charge < -0.3 is 5.32 Å². The van der Waals surface area contributed by atoms with Crippen molar-refractivity contribution in [1.29, 1.82) is 0 Å². The molecule has 2 saturated carbocycles. The zero-order valence-corrected chi connectivity index (χ0v) is 13.2. The van der Waals surface area contributed by atoms with E-state index in [0.29, 0.717) is 16.9 Å². The lowest BCUT2D eigenvalue weighted by molar-refractivity contribution is -0.385.